The molecule has 8 heteroatoms. The molecule has 0 atom stereocenters. The Morgan fingerprint density at radius 2 is 1.56 bits per heavy atom. The molecule has 0 saturated carbocycles. The van der Waals surface area contributed by atoms with Gasteiger partial charge in [0.25, 0.3) is 0 Å². The van der Waals surface area contributed by atoms with Gasteiger partial charge in [0.15, 0.2) is 21.3 Å². The minimum absolute atomic E-state index is 0.221. The molecule has 0 bridgehead atoms. The molecule has 2 aromatic carbocycles. The van der Waals surface area contributed by atoms with Crippen LogP contribution >= 0.6 is 0 Å². The number of methoxy groups -OCH3 is 2. The summed E-state index contributed by atoms with van der Waals surface area (Å²) in [5.74, 6) is 1.87. The average Bonchev–Trinajstić information content (AvgIpc) is 2.60. The van der Waals surface area contributed by atoms with Crippen molar-refractivity contribution >= 4 is 20.7 Å². The second kappa shape index (κ2) is 6.56. The lowest BCUT2D eigenvalue weighted by molar-refractivity contribution is 0.355. The van der Waals surface area contributed by atoms with E-state index in [1.165, 1.54) is 25.6 Å². The zero-order valence-electron chi connectivity index (χ0n) is 13.9. The predicted molar refractivity (Wildman–Crippen MR) is 92.3 cm³/mol. The van der Waals surface area contributed by atoms with Crippen LogP contribution in [-0.4, -0.2) is 38.9 Å². The van der Waals surface area contributed by atoms with Crippen LogP contribution in [0, 0.1) is 0 Å². The van der Waals surface area contributed by atoms with E-state index in [0.29, 0.717) is 34.0 Å². The maximum absolute atomic E-state index is 11.5. The van der Waals surface area contributed by atoms with Gasteiger partial charge in [-0.1, -0.05) is 0 Å². The highest BCUT2D eigenvalue weighted by Crippen LogP contribution is 2.35. The van der Waals surface area contributed by atoms with E-state index in [-0.39, 0.29) is 4.90 Å². The van der Waals surface area contributed by atoms with Crippen LogP contribution in [-0.2, 0) is 9.84 Å². The van der Waals surface area contributed by atoms with Gasteiger partial charge in [-0.25, -0.2) is 18.4 Å². The summed E-state index contributed by atoms with van der Waals surface area (Å²) in [4.78, 5) is 8.59. The van der Waals surface area contributed by atoms with Gasteiger partial charge < -0.3 is 14.2 Å². The smallest absolute Gasteiger partial charge is 0.230 e. The fourth-order valence-electron chi connectivity index (χ4n) is 2.31. The molecule has 0 aliphatic rings. The Bertz CT molecular complexity index is 1020. The van der Waals surface area contributed by atoms with Gasteiger partial charge in [0.05, 0.1) is 30.0 Å². The summed E-state index contributed by atoms with van der Waals surface area (Å²) < 4.78 is 39.4. The molecule has 0 amide bonds. The number of rotatable bonds is 5. The first-order valence-corrected chi connectivity index (χ1v) is 9.16. The SMILES string of the molecule is COc1cc2ncnc(Oc3ccc(S(C)(=O)=O)cc3)c2cc1OC. The number of fused-ring (bicyclic) bond motifs is 1. The van der Waals surface area contributed by atoms with Crippen molar-refractivity contribution in [3.05, 3.63) is 42.7 Å². The molecule has 0 unspecified atom stereocenters. The Hall–Kier alpha value is -2.87. The minimum Gasteiger partial charge on any atom is -0.493 e. The van der Waals surface area contributed by atoms with E-state index >= 15 is 0 Å². The van der Waals surface area contributed by atoms with Crippen LogP contribution in [0.5, 0.6) is 23.1 Å². The molecule has 1 heterocycles. The lowest BCUT2D eigenvalue weighted by atomic mass is 10.2. The summed E-state index contributed by atoms with van der Waals surface area (Å²) in [5, 5.41) is 0.646. The fraction of sp³-hybridized carbons (Fsp3) is 0.176. The van der Waals surface area contributed by atoms with Crippen molar-refractivity contribution in [2.24, 2.45) is 0 Å². The van der Waals surface area contributed by atoms with Gasteiger partial charge in [-0.05, 0) is 30.3 Å². The largest absolute Gasteiger partial charge is 0.493 e. The lowest BCUT2D eigenvalue weighted by Crippen LogP contribution is -1.97. The molecule has 0 aliphatic heterocycles. The zero-order chi connectivity index (χ0) is 18.0. The highest BCUT2D eigenvalue weighted by Gasteiger charge is 2.13. The summed E-state index contributed by atoms with van der Waals surface area (Å²) >= 11 is 0. The standard InChI is InChI=1S/C17H16N2O5S/c1-22-15-8-13-14(9-16(15)23-2)18-10-19-17(13)24-11-4-6-12(7-5-11)25(3,20)21/h4-10H,1-3H3. The van der Waals surface area contributed by atoms with E-state index in [9.17, 15) is 8.42 Å². The van der Waals surface area contributed by atoms with Crippen molar-refractivity contribution in [1.82, 2.24) is 9.97 Å². The number of hydrogen-bond donors (Lipinski definition) is 0. The normalized spacial score (nSPS) is 11.3. The zero-order valence-corrected chi connectivity index (χ0v) is 14.7. The molecule has 0 spiro atoms. The van der Waals surface area contributed by atoms with Crippen LogP contribution in [0.25, 0.3) is 10.9 Å². The highest BCUT2D eigenvalue weighted by molar-refractivity contribution is 7.90. The van der Waals surface area contributed by atoms with Gasteiger partial charge in [-0.15, -0.1) is 0 Å². The summed E-state index contributed by atoms with van der Waals surface area (Å²) in [6, 6.07) is 9.58. The van der Waals surface area contributed by atoms with E-state index < -0.39 is 9.84 Å². The second-order valence-corrected chi connectivity index (χ2v) is 7.26. The molecule has 0 radical (unpaired) electrons. The molecular formula is C17H16N2O5S. The third-order valence-electron chi connectivity index (χ3n) is 3.57. The third kappa shape index (κ3) is 3.48. The molecule has 1 aromatic heterocycles. The van der Waals surface area contributed by atoms with E-state index in [4.69, 9.17) is 14.2 Å². The average molecular weight is 360 g/mol. The molecule has 0 saturated heterocycles. The number of nitrogens with zero attached hydrogens (tertiary/aromatic N) is 2. The highest BCUT2D eigenvalue weighted by atomic mass is 32.2. The van der Waals surface area contributed by atoms with Crippen LogP contribution in [0.15, 0.2) is 47.6 Å². The Kier molecular flexibility index (Phi) is 4.45. The number of aromatic nitrogens is 2. The molecule has 0 aliphatic carbocycles. The van der Waals surface area contributed by atoms with Crippen LogP contribution < -0.4 is 14.2 Å². The predicted octanol–water partition coefficient (Wildman–Crippen LogP) is 2.84. The Labute approximate surface area is 145 Å². The molecule has 0 N–H and O–H groups in total. The Morgan fingerprint density at radius 3 is 2.16 bits per heavy atom. The Balaban J connectivity index is 2.01. The maximum atomic E-state index is 11.5. The summed E-state index contributed by atoms with van der Waals surface area (Å²) in [6.45, 7) is 0. The third-order valence-corrected chi connectivity index (χ3v) is 4.70. The van der Waals surface area contributed by atoms with Crippen LogP contribution in [0.4, 0.5) is 0 Å². The van der Waals surface area contributed by atoms with Crippen molar-refractivity contribution in [3.8, 4) is 23.1 Å². The molecular weight excluding hydrogens is 344 g/mol. The van der Waals surface area contributed by atoms with Gasteiger partial charge in [0.2, 0.25) is 5.88 Å². The summed E-state index contributed by atoms with van der Waals surface area (Å²) in [5.41, 5.74) is 0.635. The molecule has 130 valence electrons. The molecule has 3 aromatic rings. The first-order valence-electron chi connectivity index (χ1n) is 7.27. The monoisotopic (exact) mass is 360 g/mol. The number of ether oxygens (including phenoxy) is 3. The fourth-order valence-corrected chi connectivity index (χ4v) is 2.94. The van der Waals surface area contributed by atoms with Crippen LogP contribution in [0.1, 0.15) is 0 Å². The van der Waals surface area contributed by atoms with Gasteiger partial charge in [-0.3, -0.25) is 0 Å². The first-order chi connectivity index (χ1) is 11.9. The van der Waals surface area contributed by atoms with E-state index in [0.717, 1.165) is 6.26 Å². The minimum atomic E-state index is -3.26. The summed E-state index contributed by atoms with van der Waals surface area (Å²) in [6.07, 6.45) is 2.54. The second-order valence-electron chi connectivity index (χ2n) is 5.25. The number of benzene rings is 2. The van der Waals surface area contributed by atoms with Crippen molar-refractivity contribution in [3.63, 3.8) is 0 Å². The molecule has 0 fully saturated rings. The number of sulfone groups is 1. The van der Waals surface area contributed by atoms with Crippen molar-refractivity contribution < 1.29 is 22.6 Å². The van der Waals surface area contributed by atoms with E-state index in [2.05, 4.69) is 9.97 Å². The molecule has 7 nitrogen and oxygen atoms in total. The first kappa shape index (κ1) is 17.0. The van der Waals surface area contributed by atoms with Crippen molar-refractivity contribution in [1.29, 1.82) is 0 Å². The number of hydrogen-bond acceptors (Lipinski definition) is 7. The lowest BCUT2D eigenvalue weighted by Gasteiger charge is -2.11. The van der Waals surface area contributed by atoms with E-state index in [1.54, 1.807) is 31.4 Å². The van der Waals surface area contributed by atoms with Gasteiger partial charge >= 0.3 is 0 Å². The van der Waals surface area contributed by atoms with Gasteiger partial charge in [0.1, 0.15) is 12.1 Å². The Morgan fingerprint density at radius 1 is 0.920 bits per heavy atom. The van der Waals surface area contributed by atoms with Crippen LogP contribution in [0.2, 0.25) is 0 Å². The van der Waals surface area contributed by atoms with Gasteiger partial charge in [-0.2, -0.15) is 0 Å². The van der Waals surface area contributed by atoms with E-state index in [1.807, 2.05) is 0 Å². The van der Waals surface area contributed by atoms with Crippen molar-refractivity contribution in [2.45, 2.75) is 4.90 Å². The molecule has 3 rings (SSSR count). The topological polar surface area (TPSA) is 87.6 Å². The summed E-state index contributed by atoms with van der Waals surface area (Å²) in [7, 11) is -0.169. The van der Waals surface area contributed by atoms with Gasteiger partial charge in [0, 0.05) is 12.3 Å². The molecule has 25 heavy (non-hydrogen) atoms. The quantitative estimate of drug-likeness (QED) is 0.691. The van der Waals surface area contributed by atoms with Crippen molar-refractivity contribution in [2.75, 3.05) is 20.5 Å². The maximum Gasteiger partial charge on any atom is 0.230 e. The van der Waals surface area contributed by atoms with Crippen LogP contribution in [0.3, 0.4) is 0 Å².